The first kappa shape index (κ1) is 5.44. The standard InChI is InChI=1S/C5H11N3/c1-4-3-5(6)7-8(4)2/h3-4,7H,6H2,1-2H3. The summed E-state index contributed by atoms with van der Waals surface area (Å²) in [6.07, 6.45) is 1.97. The maximum Gasteiger partial charge on any atom is 0.108 e. The van der Waals surface area contributed by atoms with Crippen LogP contribution in [-0.2, 0) is 0 Å². The van der Waals surface area contributed by atoms with Crippen LogP contribution < -0.4 is 11.2 Å². The number of hydrogen-bond acceptors (Lipinski definition) is 3. The summed E-state index contributed by atoms with van der Waals surface area (Å²) in [5.41, 5.74) is 8.36. The molecule has 0 saturated carbocycles. The van der Waals surface area contributed by atoms with E-state index in [2.05, 4.69) is 12.3 Å². The Balaban J connectivity index is 2.56. The highest BCUT2D eigenvalue weighted by Crippen LogP contribution is 2.02. The highest BCUT2D eigenvalue weighted by Gasteiger charge is 2.12. The van der Waals surface area contributed by atoms with E-state index in [1.165, 1.54) is 0 Å². The van der Waals surface area contributed by atoms with Crippen LogP contribution in [0.15, 0.2) is 11.9 Å². The Morgan fingerprint density at radius 3 is 2.62 bits per heavy atom. The van der Waals surface area contributed by atoms with Gasteiger partial charge < -0.3 is 11.2 Å². The summed E-state index contributed by atoms with van der Waals surface area (Å²) in [5, 5.41) is 1.95. The number of likely N-dealkylation sites (N-methyl/N-ethyl adjacent to an activating group) is 1. The van der Waals surface area contributed by atoms with E-state index < -0.39 is 0 Å². The number of rotatable bonds is 0. The molecule has 0 spiro atoms. The van der Waals surface area contributed by atoms with E-state index in [-0.39, 0.29) is 0 Å². The summed E-state index contributed by atoms with van der Waals surface area (Å²) in [6, 6.07) is 0.426. The van der Waals surface area contributed by atoms with Gasteiger partial charge in [-0.3, -0.25) is 0 Å². The average molecular weight is 113 g/mol. The van der Waals surface area contributed by atoms with Gasteiger partial charge in [0.2, 0.25) is 0 Å². The van der Waals surface area contributed by atoms with E-state index in [1.807, 2.05) is 18.1 Å². The van der Waals surface area contributed by atoms with E-state index in [0.717, 1.165) is 5.82 Å². The first-order valence-corrected chi connectivity index (χ1v) is 2.67. The largest absolute Gasteiger partial charge is 0.385 e. The van der Waals surface area contributed by atoms with Crippen molar-refractivity contribution in [2.75, 3.05) is 7.05 Å². The molecule has 0 aliphatic carbocycles. The Kier molecular flexibility index (Phi) is 1.13. The summed E-state index contributed by atoms with van der Waals surface area (Å²) in [4.78, 5) is 0. The number of hydrazine groups is 1. The summed E-state index contributed by atoms with van der Waals surface area (Å²) in [5.74, 6) is 0.750. The van der Waals surface area contributed by atoms with Gasteiger partial charge in [-0.05, 0) is 13.0 Å². The minimum atomic E-state index is 0.426. The molecule has 1 unspecified atom stereocenters. The van der Waals surface area contributed by atoms with Crippen LogP contribution >= 0.6 is 0 Å². The van der Waals surface area contributed by atoms with Gasteiger partial charge in [0, 0.05) is 13.1 Å². The summed E-state index contributed by atoms with van der Waals surface area (Å²) in [7, 11) is 1.96. The van der Waals surface area contributed by atoms with Gasteiger partial charge in [0.15, 0.2) is 0 Å². The molecule has 0 fully saturated rings. The normalized spacial score (nSPS) is 29.8. The van der Waals surface area contributed by atoms with Gasteiger partial charge in [-0.1, -0.05) is 0 Å². The third-order valence-corrected chi connectivity index (χ3v) is 1.34. The summed E-state index contributed by atoms with van der Waals surface area (Å²) < 4.78 is 0. The average Bonchev–Trinajstić information content (AvgIpc) is 1.85. The summed E-state index contributed by atoms with van der Waals surface area (Å²) >= 11 is 0. The minimum Gasteiger partial charge on any atom is -0.385 e. The number of nitrogens with one attached hydrogen (secondary N) is 1. The molecule has 46 valence electrons. The fourth-order valence-corrected chi connectivity index (χ4v) is 0.714. The van der Waals surface area contributed by atoms with Crippen LogP contribution in [-0.4, -0.2) is 18.1 Å². The van der Waals surface area contributed by atoms with E-state index in [4.69, 9.17) is 5.73 Å². The van der Waals surface area contributed by atoms with E-state index >= 15 is 0 Å². The van der Waals surface area contributed by atoms with Gasteiger partial charge in [-0.15, -0.1) is 0 Å². The lowest BCUT2D eigenvalue weighted by molar-refractivity contribution is 0.259. The molecule has 8 heavy (non-hydrogen) atoms. The molecule has 1 heterocycles. The number of nitrogens with zero attached hydrogens (tertiary/aromatic N) is 1. The molecule has 1 aliphatic rings. The van der Waals surface area contributed by atoms with Crippen LogP contribution in [0.1, 0.15) is 6.92 Å². The van der Waals surface area contributed by atoms with Crippen molar-refractivity contribution in [1.29, 1.82) is 0 Å². The van der Waals surface area contributed by atoms with E-state index in [0.29, 0.717) is 6.04 Å². The smallest absolute Gasteiger partial charge is 0.108 e. The molecule has 3 N–H and O–H groups in total. The molecule has 1 rings (SSSR count). The molecule has 0 radical (unpaired) electrons. The van der Waals surface area contributed by atoms with Crippen molar-refractivity contribution >= 4 is 0 Å². The first-order chi connectivity index (χ1) is 3.70. The molecule has 3 nitrogen and oxygen atoms in total. The van der Waals surface area contributed by atoms with Crippen LogP contribution in [0, 0.1) is 0 Å². The van der Waals surface area contributed by atoms with Crippen LogP contribution in [0.2, 0.25) is 0 Å². The third kappa shape index (κ3) is 0.767. The Morgan fingerprint density at radius 1 is 1.88 bits per heavy atom. The van der Waals surface area contributed by atoms with Gasteiger partial charge in [-0.25, -0.2) is 5.01 Å². The lowest BCUT2D eigenvalue weighted by Crippen LogP contribution is -2.34. The Hall–Kier alpha value is -0.700. The topological polar surface area (TPSA) is 41.3 Å². The molecule has 1 aliphatic heterocycles. The van der Waals surface area contributed by atoms with Gasteiger partial charge >= 0.3 is 0 Å². The molecule has 1 atom stereocenters. The number of nitrogens with two attached hydrogens (primary N) is 1. The van der Waals surface area contributed by atoms with Crippen LogP contribution in [0.4, 0.5) is 0 Å². The Labute approximate surface area is 49.1 Å². The zero-order valence-corrected chi connectivity index (χ0v) is 5.18. The molecular weight excluding hydrogens is 102 g/mol. The molecule has 0 bridgehead atoms. The zero-order valence-electron chi connectivity index (χ0n) is 5.18. The van der Waals surface area contributed by atoms with Crippen LogP contribution in [0.3, 0.4) is 0 Å². The summed E-state index contributed by atoms with van der Waals surface area (Å²) in [6.45, 7) is 2.08. The van der Waals surface area contributed by atoms with Crippen molar-refractivity contribution in [3.05, 3.63) is 11.9 Å². The predicted octanol–water partition coefficient (Wildman–Crippen LogP) is -0.375. The SMILES string of the molecule is CC1C=C(N)NN1C. The van der Waals surface area contributed by atoms with Crippen LogP contribution in [0.25, 0.3) is 0 Å². The molecular formula is C5H11N3. The fraction of sp³-hybridized carbons (Fsp3) is 0.600. The zero-order chi connectivity index (χ0) is 6.15. The van der Waals surface area contributed by atoms with Gasteiger partial charge in [0.25, 0.3) is 0 Å². The van der Waals surface area contributed by atoms with Gasteiger partial charge in [0.05, 0.1) is 0 Å². The second kappa shape index (κ2) is 1.67. The second-order valence-electron chi connectivity index (χ2n) is 2.09. The maximum absolute atomic E-state index is 5.42. The second-order valence-corrected chi connectivity index (χ2v) is 2.09. The van der Waals surface area contributed by atoms with E-state index in [1.54, 1.807) is 0 Å². The molecule has 0 saturated heterocycles. The molecule has 0 aromatic heterocycles. The number of hydrogen-bond donors (Lipinski definition) is 2. The third-order valence-electron chi connectivity index (χ3n) is 1.34. The van der Waals surface area contributed by atoms with E-state index in [9.17, 15) is 0 Å². The predicted molar refractivity (Wildman–Crippen MR) is 32.6 cm³/mol. The minimum absolute atomic E-state index is 0.426. The molecule has 0 amide bonds. The fourth-order valence-electron chi connectivity index (χ4n) is 0.714. The van der Waals surface area contributed by atoms with Crippen molar-refractivity contribution in [2.45, 2.75) is 13.0 Å². The van der Waals surface area contributed by atoms with Crippen molar-refractivity contribution < 1.29 is 0 Å². The van der Waals surface area contributed by atoms with Crippen molar-refractivity contribution in [3.8, 4) is 0 Å². The van der Waals surface area contributed by atoms with Crippen molar-refractivity contribution in [3.63, 3.8) is 0 Å². The first-order valence-electron chi connectivity index (χ1n) is 2.67. The molecule has 0 aromatic carbocycles. The monoisotopic (exact) mass is 113 g/mol. The van der Waals surface area contributed by atoms with Crippen molar-refractivity contribution in [1.82, 2.24) is 10.4 Å². The lowest BCUT2D eigenvalue weighted by Gasteiger charge is -2.14. The maximum atomic E-state index is 5.42. The highest BCUT2D eigenvalue weighted by atomic mass is 15.5. The Bertz CT molecular complexity index is 119. The molecule has 0 aromatic rings. The molecule has 3 heteroatoms. The highest BCUT2D eigenvalue weighted by molar-refractivity contribution is 5.04. The van der Waals surface area contributed by atoms with Gasteiger partial charge in [0.1, 0.15) is 5.82 Å². The Morgan fingerprint density at radius 2 is 2.50 bits per heavy atom. The van der Waals surface area contributed by atoms with Crippen LogP contribution in [0.5, 0.6) is 0 Å². The van der Waals surface area contributed by atoms with Gasteiger partial charge in [-0.2, -0.15) is 0 Å². The lowest BCUT2D eigenvalue weighted by atomic mass is 10.3. The quantitative estimate of drug-likeness (QED) is 0.450. The van der Waals surface area contributed by atoms with Crippen molar-refractivity contribution in [2.24, 2.45) is 5.73 Å².